The lowest BCUT2D eigenvalue weighted by Crippen LogP contribution is -2.58. The highest BCUT2D eigenvalue weighted by atomic mass is 16.2. The minimum Gasteiger partial charge on any atom is -0.337 e. The van der Waals surface area contributed by atoms with Gasteiger partial charge in [-0.15, -0.1) is 0 Å². The third kappa shape index (κ3) is 2.86. The van der Waals surface area contributed by atoms with Crippen molar-refractivity contribution in [3.05, 3.63) is 41.1 Å². The molecule has 2 aliphatic rings. The number of carbonyl (C=O) groups is 1. The van der Waals surface area contributed by atoms with Gasteiger partial charge in [0.05, 0.1) is 17.9 Å². The van der Waals surface area contributed by atoms with Crippen LogP contribution in [0, 0.1) is 13.8 Å². The number of fused-ring (bicyclic) bond motifs is 1. The average molecular weight is 338 g/mol. The normalized spacial score (nSPS) is 24.0. The predicted molar refractivity (Wildman–Crippen MR) is 98.1 cm³/mol. The molecule has 2 saturated heterocycles. The van der Waals surface area contributed by atoms with Crippen molar-refractivity contribution in [1.82, 2.24) is 20.0 Å². The van der Waals surface area contributed by atoms with Gasteiger partial charge in [-0.25, -0.2) is 0 Å². The summed E-state index contributed by atoms with van der Waals surface area (Å²) < 4.78 is 0. The second-order valence-electron chi connectivity index (χ2n) is 7.52. The van der Waals surface area contributed by atoms with Crippen molar-refractivity contribution in [3.63, 3.8) is 0 Å². The summed E-state index contributed by atoms with van der Waals surface area (Å²) in [6.45, 7) is 8.93. The van der Waals surface area contributed by atoms with Gasteiger partial charge in [0.1, 0.15) is 0 Å². The number of benzene rings is 1. The van der Waals surface area contributed by atoms with Crippen molar-refractivity contribution in [2.24, 2.45) is 0 Å². The molecule has 4 rings (SSSR count). The zero-order valence-corrected chi connectivity index (χ0v) is 15.2. The number of nitrogens with one attached hydrogen (secondary N) is 1. The van der Waals surface area contributed by atoms with Crippen molar-refractivity contribution >= 4 is 5.91 Å². The molecule has 0 spiro atoms. The number of hydrogen-bond acceptors (Lipinski definition) is 3. The number of aromatic amines is 1. The zero-order chi connectivity index (χ0) is 17.6. The number of H-pyrrole nitrogens is 1. The van der Waals surface area contributed by atoms with Crippen LogP contribution in [0.3, 0.4) is 0 Å². The van der Waals surface area contributed by atoms with Gasteiger partial charge in [0, 0.05) is 36.8 Å². The molecule has 2 fully saturated rings. The molecule has 25 heavy (non-hydrogen) atoms. The Balaban J connectivity index is 1.61. The monoisotopic (exact) mass is 338 g/mol. The highest BCUT2D eigenvalue weighted by molar-refractivity contribution is 5.83. The second-order valence-corrected chi connectivity index (χ2v) is 7.52. The fourth-order valence-electron chi connectivity index (χ4n) is 4.23. The van der Waals surface area contributed by atoms with Crippen LogP contribution in [-0.2, 0) is 11.3 Å². The molecular weight excluding hydrogens is 312 g/mol. The molecule has 5 heteroatoms. The van der Waals surface area contributed by atoms with Gasteiger partial charge in [-0.3, -0.25) is 14.8 Å². The standard InChI is InChI=1S/C20H26N4O/c1-13-6-7-14(2)18(9-13)19-16(10-21-22-19)11-23-12-17-5-4-8-24(17)20(25)15(23)3/h6-7,9-10,15,17H,4-5,8,11-12H2,1-3H3,(H,21,22)/t15-,17-/m1/s1. The van der Waals surface area contributed by atoms with E-state index in [1.165, 1.54) is 22.3 Å². The van der Waals surface area contributed by atoms with E-state index in [0.717, 1.165) is 38.2 Å². The lowest BCUT2D eigenvalue weighted by Gasteiger charge is -2.41. The lowest BCUT2D eigenvalue weighted by atomic mass is 9.99. The number of rotatable bonds is 3. The van der Waals surface area contributed by atoms with E-state index < -0.39 is 0 Å². The molecule has 2 atom stereocenters. The van der Waals surface area contributed by atoms with E-state index in [2.05, 4.69) is 52.0 Å². The number of carbonyl (C=O) groups excluding carboxylic acids is 1. The molecule has 3 heterocycles. The topological polar surface area (TPSA) is 52.2 Å². The van der Waals surface area contributed by atoms with E-state index >= 15 is 0 Å². The van der Waals surface area contributed by atoms with E-state index in [4.69, 9.17) is 0 Å². The van der Waals surface area contributed by atoms with E-state index in [0.29, 0.717) is 6.04 Å². The Morgan fingerprint density at radius 2 is 2.16 bits per heavy atom. The van der Waals surface area contributed by atoms with Crippen molar-refractivity contribution < 1.29 is 4.79 Å². The Morgan fingerprint density at radius 1 is 1.32 bits per heavy atom. The first-order valence-corrected chi connectivity index (χ1v) is 9.19. The minimum atomic E-state index is -0.0595. The molecule has 0 unspecified atom stereocenters. The number of aryl methyl sites for hydroxylation is 2. The van der Waals surface area contributed by atoms with Crippen molar-refractivity contribution in [2.45, 2.75) is 52.2 Å². The van der Waals surface area contributed by atoms with Crippen molar-refractivity contribution in [1.29, 1.82) is 0 Å². The van der Waals surface area contributed by atoms with Crippen LogP contribution in [0.25, 0.3) is 11.3 Å². The predicted octanol–water partition coefficient (Wildman–Crippen LogP) is 2.89. The van der Waals surface area contributed by atoms with Crippen LogP contribution in [0.2, 0.25) is 0 Å². The summed E-state index contributed by atoms with van der Waals surface area (Å²) in [7, 11) is 0. The molecule has 0 aliphatic carbocycles. The highest BCUT2D eigenvalue weighted by Gasteiger charge is 2.40. The summed E-state index contributed by atoms with van der Waals surface area (Å²) in [6.07, 6.45) is 4.18. The van der Waals surface area contributed by atoms with E-state index in [1.807, 2.05) is 13.1 Å². The quantitative estimate of drug-likeness (QED) is 0.936. The van der Waals surface area contributed by atoms with Crippen LogP contribution in [0.1, 0.15) is 36.5 Å². The first-order valence-electron chi connectivity index (χ1n) is 9.19. The minimum absolute atomic E-state index is 0.0595. The van der Waals surface area contributed by atoms with Gasteiger partial charge >= 0.3 is 0 Å². The van der Waals surface area contributed by atoms with Gasteiger partial charge in [0.2, 0.25) is 5.91 Å². The maximum Gasteiger partial charge on any atom is 0.239 e. The summed E-state index contributed by atoms with van der Waals surface area (Å²) in [4.78, 5) is 17.1. The fraction of sp³-hybridized carbons (Fsp3) is 0.500. The Labute approximate surface area is 149 Å². The van der Waals surface area contributed by atoms with Crippen LogP contribution >= 0.6 is 0 Å². The average Bonchev–Trinajstić information content (AvgIpc) is 3.24. The molecule has 0 bridgehead atoms. The maximum absolute atomic E-state index is 12.7. The third-order valence-electron chi connectivity index (χ3n) is 5.76. The van der Waals surface area contributed by atoms with Crippen molar-refractivity contribution in [3.8, 4) is 11.3 Å². The van der Waals surface area contributed by atoms with Gasteiger partial charge in [-0.2, -0.15) is 5.10 Å². The van der Waals surface area contributed by atoms with Gasteiger partial charge in [0.25, 0.3) is 0 Å². The van der Waals surface area contributed by atoms with E-state index in [-0.39, 0.29) is 11.9 Å². The summed E-state index contributed by atoms with van der Waals surface area (Å²) in [5.41, 5.74) is 5.92. The van der Waals surface area contributed by atoms with Crippen LogP contribution in [-0.4, -0.2) is 51.1 Å². The number of nitrogens with zero attached hydrogens (tertiary/aromatic N) is 3. The summed E-state index contributed by atoms with van der Waals surface area (Å²) in [5, 5.41) is 7.48. The fourth-order valence-corrected chi connectivity index (χ4v) is 4.23. The molecule has 0 radical (unpaired) electrons. The van der Waals surface area contributed by atoms with E-state index in [1.54, 1.807) is 0 Å². The van der Waals surface area contributed by atoms with E-state index in [9.17, 15) is 4.79 Å². The molecule has 1 aromatic heterocycles. The molecule has 1 N–H and O–H groups in total. The largest absolute Gasteiger partial charge is 0.337 e. The maximum atomic E-state index is 12.7. The van der Waals surface area contributed by atoms with Crippen LogP contribution in [0.15, 0.2) is 24.4 Å². The summed E-state index contributed by atoms with van der Waals surface area (Å²) in [5.74, 6) is 0.283. The zero-order valence-electron chi connectivity index (χ0n) is 15.2. The smallest absolute Gasteiger partial charge is 0.239 e. The molecular formula is C20H26N4O. The van der Waals surface area contributed by atoms with Crippen LogP contribution < -0.4 is 0 Å². The Kier molecular flexibility index (Phi) is 4.12. The molecule has 5 nitrogen and oxygen atoms in total. The first kappa shape index (κ1) is 16.3. The first-order chi connectivity index (χ1) is 12.0. The number of aromatic nitrogens is 2. The van der Waals surface area contributed by atoms with Gasteiger partial charge in [-0.05, 0) is 45.2 Å². The molecule has 1 aromatic carbocycles. The van der Waals surface area contributed by atoms with Gasteiger partial charge in [0.15, 0.2) is 0 Å². The van der Waals surface area contributed by atoms with Crippen LogP contribution in [0.4, 0.5) is 0 Å². The third-order valence-corrected chi connectivity index (χ3v) is 5.76. The number of hydrogen-bond donors (Lipinski definition) is 1. The Morgan fingerprint density at radius 3 is 3.00 bits per heavy atom. The van der Waals surface area contributed by atoms with Gasteiger partial charge in [-0.1, -0.05) is 17.7 Å². The molecule has 132 valence electrons. The Bertz CT molecular complexity index is 797. The summed E-state index contributed by atoms with van der Waals surface area (Å²) >= 11 is 0. The molecule has 1 amide bonds. The number of piperazine rings is 1. The highest BCUT2D eigenvalue weighted by Crippen LogP contribution is 2.30. The van der Waals surface area contributed by atoms with Gasteiger partial charge < -0.3 is 4.90 Å². The lowest BCUT2D eigenvalue weighted by molar-refractivity contribution is -0.143. The SMILES string of the molecule is Cc1ccc(C)c(-c2[nH]ncc2CN2C[C@H]3CCCN3C(=O)[C@H]2C)c1. The Hall–Kier alpha value is -2.14. The molecule has 2 aliphatic heterocycles. The van der Waals surface area contributed by atoms with Crippen molar-refractivity contribution in [2.75, 3.05) is 13.1 Å². The molecule has 0 saturated carbocycles. The second kappa shape index (κ2) is 6.30. The number of amides is 1. The summed E-state index contributed by atoms with van der Waals surface area (Å²) in [6, 6.07) is 6.82. The van der Waals surface area contributed by atoms with Crippen LogP contribution in [0.5, 0.6) is 0 Å². The molecule has 2 aromatic rings.